The van der Waals surface area contributed by atoms with Gasteiger partial charge in [-0.3, -0.25) is 0 Å². The van der Waals surface area contributed by atoms with E-state index in [1.54, 1.807) is 0 Å². The highest BCUT2D eigenvalue weighted by atomic mass is 79.9. The van der Waals surface area contributed by atoms with Crippen LogP contribution in [0.5, 0.6) is 0 Å². The lowest BCUT2D eigenvalue weighted by molar-refractivity contribution is -0.330. The van der Waals surface area contributed by atoms with Crippen LogP contribution in [0.2, 0.25) is 0 Å². The van der Waals surface area contributed by atoms with Gasteiger partial charge in [-0.2, -0.15) is 30.7 Å². The lowest BCUT2D eigenvalue weighted by Gasteiger charge is -2.28. The Hall–Kier alpha value is -0.950. The van der Waals surface area contributed by atoms with Crippen LogP contribution in [0.15, 0.2) is 32.0 Å². The molecular weight excluding hydrogens is 562 g/mol. The topological polar surface area (TPSA) is 0 Å². The van der Waals surface area contributed by atoms with Gasteiger partial charge in [0.1, 0.15) is 5.82 Å². The van der Waals surface area contributed by atoms with Crippen molar-refractivity contribution < 1.29 is 43.9 Å². The van der Waals surface area contributed by atoms with Crippen LogP contribution in [-0.2, 0) is 0 Å². The van der Waals surface area contributed by atoms with Gasteiger partial charge in [0, 0.05) is 25.5 Å². The summed E-state index contributed by atoms with van der Waals surface area (Å²) in [6.45, 7) is 0. The van der Waals surface area contributed by atoms with Crippen molar-refractivity contribution in [1.29, 1.82) is 0 Å². The van der Waals surface area contributed by atoms with Crippen LogP contribution >= 0.6 is 43.6 Å². The Bertz CT molecular complexity index is 911. The summed E-state index contributed by atoms with van der Waals surface area (Å²) in [6.07, 6.45) is -6.60. The first-order valence-electron chi connectivity index (χ1n) is 6.66. The predicted molar refractivity (Wildman–Crippen MR) is 87.8 cm³/mol. The molecule has 0 spiro atoms. The second-order valence-electron chi connectivity index (χ2n) is 5.08. The first-order valence-corrected chi connectivity index (χ1v) is 9.07. The number of halogens is 12. The Balaban J connectivity index is 2.73. The fourth-order valence-electron chi connectivity index (χ4n) is 1.94. The van der Waals surface area contributed by atoms with E-state index in [4.69, 9.17) is 0 Å². The summed E-state index contributed by atoms with van der Waals surface area (Å²) < 4.78 is 132. The van der Waals surface area contributed by atoms with Gasteiger partial charge in [-0.25, -0.2) is 13.2 Å². The summed E-state index contributed by atoms with van der Waals surface area (Å²) in [4.78, 5) is -1.09. The number of rotatable bonds is 4. The number of hydrogen-bond acceptors (Lipinski definition) is 1. The molecule has 153 valence electrons. The summed E-state index contributed by atoms with van der Waals surface area (Å²) >= 11 is 4.18. The molecule has 0 aliphatic heterocycles. The van der Waals surface area contributed by atoms with Crippen LogP contribution < -0.4 is 0 Å². The van der Waals surface area contributed by atoms with Gasteiger partial charge in [0.25, 0.3) is 0 Å². The first kappa shape index (κ1) is 23.3. The molecule has 2 rings (SSSR count). The van der Waals surface area contributed by atoms with Crippen molar-refractivity contribution in [2.75, 3.05) is 0 Å². The zero-order chi connectivity index (χ0) is 21.7. The van der Waals surface area contributed by atoms with Crippen molar-refractivity contribution >= 4 is 43.6 Å². The maximum atomic E-state index is 14.1. The van der Waals surface area contributed by atoms with Crippen molar-refractivity contribution in [3.63, 3.8) is 0 Å². The molecule has 0 heterocycles. The van der Waals surface area contributed by atoms with E-state index in [1.807, 2.05) is 0 Å². The van der Waals surface area contributed by atoms with E-state index in [0.29, 0.717) is 18.2 Å². The van der Waals surface area contributed by atoms with Gasteiger partial charge >= 0.3 is 17.4 Å². The lowest BCUT2D eigenvalue weighted by atomic mass is 10.0. The van der Waals surface area contributed by atoms with Crippen molar-refractivity contribution in [1.82, 2.24) is 0 Å². The standard InChI is InChI=1S/C15H3Br2F10S/c16-5-3-6(17)10(11-7(18)1-2-8(19)12(11)20)9(4-5)28-15(26,27)13(21,22)14(23,24)25/h1-2,4H. The fraction of sp³-hybridized carbons (Fsp3) is 0.200. The van der Waals surface area contributed by atoms with Gasteiger partial charge < -0.3 is 0 Å². The van der Waals surface area contributed by atoms with Crippen molar-refractivity contribution in [2.24, 2.45) is 0 Å². The smallest absolute Gasteiger partial charge is 0.206 e. The molecule has 0 nitrogen and oxygen atoms in total. The molecule has 2 aromatic carbocycles. The predicted octanol–water partition coefficient (Wildman–Crippen LogP) is 7.98. The average Bonchev–Trinajstić information content (AvgIpc) is 2.51. The lowest BCUT2D eigenvalue weighted by Crippen LogP contribution is -2.49. The molecule has 1 radical (unpaired) electrons. The van der Waals surface area contributed by atoms with E-state index in [9.17, 15) is 43.9 Å². The fourth-order valence-corrected chi connectivity index (χ4v) is 4.54. The average molecular weight is 565 g/mol. The third kappa shape index (κ3) is 4.16. The van der Waals surface area contributed by atoms with Crippen molar-refractivity contribution in [3.8, 4) is 11.1 Å². The Morgan fingerprint density at radius 2 is 1.36 bits per heavy atom. The van der Waals surface area contributed by atoms with Crippen LogP contribution in [0.25, 0.3) is 11.1 Å². The molecule has 13 heteroatoms. The summed E-state index contributed by atoms with van der Waals surface area (Å²) in [5.74, 6) is -11.4. The summed E-state index contributed by atoms with van der Waals surface area (Å²) in [5, 5.41) is -5.76. The monoisotopic (exact) mass is 563 g/mol. The van der Waals surface area contributed by atoms with Gasteiger partial charge in [0.2, 0.25) is 0 Å². The van der Waals surface area contributed by atoms with Gasteiger partial charge in [-0.1, -0.05) is 15.9 Å². The maximum Gasteiger partial charge on any atom is 0.460 e. The maximum absolute atomic E-state index is 14.1. The van der Waals surface area contributed by atoms with E-state index in [1.165, 1.54) is 0 Å². The summed E-state index contributed by atoms with van der Waals surface area (Å²) in [7, 11) is 0. The Kier molecular flexibility index (Phi) is 6.42. The van der Waals surface area contributed by atoms with Gasteiger partial charge in [0.05, 0.1) is 5.56 Å². The summed E-state index contributed by atoms with van der Waals surface area (Å²) in [5.41, 5.74) is -2.16. The van der Waals surface area contributed by atoms with Crippen LogP contribution in [0.4, 0.5) is 43.9 Å². The molecule has 0 atom stereocenters. The van der Waals surface area contributed by atoms with Crippen molar-refractivity contribution in [2.45, 2.75) is 22.2 Å². The second-order valence-corrected chi connectivity index (χ2v) is 7.88. The van der Waals surface area contributed by atoms with E-state index in [0.717, 1.165) is 0 Å². The van der Waals surface area contributed by atoms with Gasteiger partial charge in [-0.05, 0) is 45.9 Å². The molecule has 28 heavy (non-hydrogen) atoms. The molecule has 2 aromatic rings. The van der Waals surface area contributed by atoms with Crippen LogP contribution in [0, 0.1) is 23.5 Å². The van der Waals surface area contributed by atoms with Crippen LogP contribution in [0.3, 0.4) is 0 Å². The Morgan fingerprint density at radius 3 is 1.89 bits per heavy atom. The van der Waals surface area contributed by atoms with Gasteiger partial charge in [0.15, 0.2) is 11.6 Å². The molecule has 0 unspecified atom stereocenters. The number of alkyl halides is 7. The zero-order valence-electron chi connectivity index (χ0n) is 12.7. The minimum Gasteiger partial charge on any atom is -0.206 e. The number of thioether (sulfide) groups is 1. The molecule has 0 aliphatic rings. The number of hydrogen-bond donors (Lipinski definition) is 0. The Labute approximate surface area is 171 Å². The highest BCUT2D eigenvalue weighted by Gasteiger charge is 2.73. The molecule has 0 amide bonds. The minimum atomic E-state index is -6.60. The van der Waals surface area contributed by atoms with E-state index >= 15 is 0 Å². The number of benzene rings is 2. The highest BCUT2D eigenvalue weighted by molar-refractivity contribution is 9.11. The van der Waals surface area contributed by atoms with Crippen LogP contribution in [0.1, 0.15) is 0 Å². The second kappa shape index (κ2) is 7.71. The quantitative estimate of drug-likeness (QED) is 0.206. The first-order chi connectivity index (χ1) is 12.6. The normalized spacial score (nSPS) is 13.1. The Morgan fingerprint density at radius 1 is 0.821 bits per heavy atom. The molecule has 0 saturated carbocycles. The van der Waals surface area contributed by atoms with Crippen LogP contribution in [-0.4, -0.2) is 17.4 Å². The van der Waals surface area contributed by atoms with E-state index < -0.39 is 67.1 Å². The summed E-state index contributed by atoms with van der Waals surface area (Å²) in [6, 6.07) is 3.72. The molecule has 0 saturated heterocycles. The molecule has 0 aliphatic carbocycles. The third-order valence-corrected chi connectivity index (χ3v) is 5.28. The van der Waals surface area contributed by atoms with E-state index in [-0.39, 0.29) is 4.47 Å². The molecule has 0 aromatic heterocycles. The third-order valence-electron chi connectivity index (χ3n) is 3.21. The van der Waals surface area contributed by atoms with Gasteiger partial charge in [-0.15, -0.1) is 0 Å². The van der Waals surface area contributed by atoms with Crippen molar-refractivity contribution in [3.05, 3.63) is 50.7 Å². The molecule has 0 fully saturated rings. The molecule has 0 bridgehead atoms. The minimum absolute atomic E-state index is 0.214. The molecule has 0 N–H and O–H groups in total. The zero-order valence-corrected chi connectivity index (χ0v) is 16.7. The largest absolute Gasteiger partial charge is 0.460 e. The van der Waals surface area contributed by atoms with E-state index in [2.05, 4.69) is 37.9 Å². The molecular formula is C15H3Br2F10S. The highest BCUT2D eigenvalue weighted by Crippen LogP contribution is 2.56. The SMILES string of the molecule is Fc1ccc(F)c(-c2c(Br)[c]c(Br)cc2SC(F)(F)C(F)(F)C(F)(F)F)c1F.